The molecule has 0 spiro atoms. The Kier molecular flexibility index (Phi) is 2.70. The van der Waals surface area contributed by atoms with Crippen molar-refractivity contribution >= 4 is 17.3 Å². The van der Waals surface area contributed by atoms with E-state index in [1.54, 1.807) is 25.2 Å². The molecule has 0 atom stereocenters. The first-order valence-corrected chi connectivity index (χ1v) is 5.08. The molecule has 0 unspecified atom stereocenters. The molecule has 2 rings (SSSR count). The van der Waals surface area contributed by atoms with E-state index in [0.29, 0.717) is 17.3 Å². The van der Waals surface area contributed by atoms with Crippen LogP contribution in [0.15, 0.2) is 29.3 Å². The monoisotopic (exact) mass is 238 g/mol. The minimum atomic E-state index is -0.173. The van der Waals surface area contributed by atoms with Gasteiger partial charge in [0.25, 0.3) is 0 Å². The van der Waals surface area contributed by atoms with Gasteiger partial charge in [-0.3, -0.25) is 4.57 Å². The second kappa shape index (κ2) is 4.02. The summed E-state index contributed by atoms with van der Waals surface area (Å²) in [6.45, 7) is 0.346. The molecule has 1 heterocycles. The third-order valence-corrected chi connectivity index (χ3v) is 2.64. The van der Waals surface area contributed by atoms with Gasteiger partial charge in [-0.05, 0) is 17.7 Å². The summed E-state index contributed by atoms with van der Waals surface area (Å²) in [6.07, 6.45) is 1.47. The molecular weight excluding hydrogens is 228 g/mol. The topological polar surface area (TPSA) is 65.8 Å². The Labute approximate surface area is 97.1 Å². The van der Waals surface area contributed by atoms with E-state index >= 15 is 0 Å². The number of benzene rings is 1. The average molecular weight is 239 g/mol. The largest absolute Gasteiger partial charge is 0.399 e. The van der Waals surface area contributed by atoms with Crippen molar-refractivity contribution in [2.45, 2.75) is 6.54 Å². The van der Waals surface area contributed by atoms with E-state index in [1.807, 2.05) is 0 Å². The van der Waals surface area contributed by atoms with Gasteiger partial charge in [-0.2, -0.15) is 5.10 Å². The van der Waals surface area contributed by atoms with Crippen LogP contribution >= 0.6 is 11.6 Å². The fourth-order valence-electron chi connectivity index (χ4n) is 1.38. The first-order valence-electron chi connectivity index (χ1n) is 4.70. The van der Waals surface area contributed by atoms with Crippen molar-refractivity contribution in [1.82, 2.24) is 14.3 Å². The molecule has 0 saturated heterocycles. The van der Waals surface area contributed by atoms with E-state index in [4.69, 9.17) is 17.3 Å². The Morgan fingerprint density at radius 3 is 2.81 bits per heavy atom. The zero-order valence-electron chi connectivity index (χ0n) is 8.72. The van der Waals surface area contributed by atoms with E-state index in [0.717, 1.165) is 5.56 Å². The summed E-state index contributed by atoms with van der Waals surface area (Å²) < 4.78 is 2.75. The number of rotatable bonds is 2. The number of nitrogens with zero attached hydrogens (tertiary/aromatic N) is 3. The zero-order chi connectivity index (χ0) is 11.7. The van der Waals surface area contributed by atoms with Crippen molar-refractivity contribution in [2.24, 2.45) is 7.05 Å². The van der Waals surface area contributed by atoms with Crippen molar-refractivity contribution in [3.63, 3.8) is 0 Å². The maximum atomic E-state index is 11.5. The van der Waals surface area contributed by atoms with Crippen LogP contribution in [0.4, 0.5) is 5.69 Å². The molecule has 0 saturated carbocycles. The highest BCUT2D eigenvalue weighted by atomic mass is 35.5. The van der Waals surface area contributed by atoms with Gasteiger partial charge in [0, 0.05) is 17.8 Å². The SMILES string of the molecule is Cn1cnn(Cc2ccc(N)cc2Cl)c1=O. The second-order valence-corrected chi connectivity index (χ2v) is 3.94. The van der Waals surface area contributed by atoms with Gasteiger partial charge in [-0.15, -0.1) is 0 Å². The van der Waals surface area contributed by atoms with Gasteiger partial charge < -0.3 is 5.73 Å². The Morgan fingerprint density at radius 1 is 1.50 bits per heavy atom. The molecule has 0 aliphatic heterocycles. The predicted molar refractivity (Wildman–Crippen MR) is 62.4 cm³/mol. The molecule has 0 aliphatic rings. The predicted octanol–water partition coefficient (Wildman–Crippen LogP) is 0.866. The van der Waals surface area contributed by atoms with Crippen molar-refractivity contribution in [3.05, 3.63) is 45.6 Å². The molecule has 0 aliphatic carbocycles. The van der Waals surface area contributed by atoms with Crippen molar-refractivity contribution in [1.29, 1.82) is 0 Å². The number of aromatic nitrogens is 3. The fraction of sp³-hybridized carbons (Fsp3) is 0.200. The number of halogens is 1. The van der Waals surface area contributed by atoms with Gasteiger partial charge in [0.05, 0.1) is 6.54 Å². The van der Waals surface area contributed by atoms with Crippen LogP contribution < -0.4 is 11.4 Å². The van der Waals surface area contributed by atoms with E-state index < -0.39 is 0 Å². The number of hydrogen-bond acceptors (Lipinski definition) is 3. The molecule has 0 amide bonds. The highest BCUT2D eigenvalue weighted by molar-refractivity contribution is 6.31. The number of aryl methyl sites for hydroxylation is 1. The quantitative estimate of drug-likeness (QED) is 0.790. The molecule has 0 fully saturated rings. The van der Waals surface area contributed by atoms with Crippen LogP contribution in [0.1, 0.15) is 5.56 Å². The molecule has 84 valence electrons. The third kappa shape index (κ3) is 1.94. The van der Waals surface area contributed by atoms with Crippen LogP contribution in [0.5, 0.6) is 0 Å². The summed E-state index contributed by atoms with van der Waals surface area (Å²) in [7, 11) is 1.65. The molecule has 0 bridgehead atoms. The van der Waals surface area contributed by atoms with Crippen LogP contribution in [0.25, 0.3) is 0 Å². The molecule has 6 heteroatoms. The standard InChI is InChI=1S/C10H11ClN4O/c1-14-6-13-15(10(14)16)5-7-2-3-8(12)4-9(7)11/h2-4,6H,5,12H2,1H3. The number of hydrogen-bond donors (Lipinski definition) is 1. The van der Waals surface area contributed by atoms with Gasteiger partial charge >= 0.3 is 5.69 Å². The highest BCUT2D eigenvalue weighted by Gasteiger charge is 2.06. The maximum Gasteiger partial charge on any atom is 0.345 e. The first-order chi connectivity index (χ1) is 7.58. The molecule has 1 aromatic heterocycles. The summed E-state index contributed by atoms with van der Waals surface area (Å²) in [6, 6.07) is 5.19. The summed E-state index contributed by atoms with van der Waals surface area (Å²) >= 11 is 6.01. The Balaban J connectivity index is 2.34. The molecule has 16 heavy (non-hydrogen) atoms. The normalized spacial score (nSPS) is 10.6. The van der Waals surface area contributed by atoms with Crippen molar-refractivity contribution < 1.29 is 0 Å². The van der Waals surface area contributed by atoms with E-state index in [9.17, 15) is 4.79 Å². The van der Waals surface area contributed by atoms with Gasteiger partial charge in [0.1, 0.15) is 6.33 Å². The van der Waals surface area contributed by atoms with E-state index in [1.165, 1.54) is 15.6 Å². The van der Waals surface area contributed by atoms with Crippen LogP contribution in [-0.2, 0) is 13.6 Å². The number of nitrogen functional groups attached to an aromatic ring is 1. The lowest BCUT2D eigenvalue weighted by Gasteiger charge is -2.04. The summed E-state index contributed by atoms with van der Waals surface area (Å²) in [5.41, 5.74) is 6.82. The Bertz CT molecular complexity index is 572. The minimum absolute atomic E-state index is 0.173. The van der Waals surface area contributed by atoms with Crippen LogP contribution in [0, 0.1) is 0 Å². The van der Waals surface area contributed by atoms with Crippen LogP contribution in [0.3, 0.4) is 0 Å². The summed E-state index contributed by atoms with van der Waals surface area (Å²) in [4.78, 5) is 11.5. The Morgan fingerprint density at radius 2 is 2.25 bits per heavy atom. The van der Waals surface area contributed by atoms with E-state index in [2.05, 4.69) is 5.10 Å². The smallest absolute Gasteiger partial charge is 0.345 e. The molecule has 2 aromatic rings. The Hall–Kier alpha value is -1.75. The lowest BCUT2D eigenvalue weighted by molar-refractivity contribution is 0.647. The van der Waals surface area contributed by atoms with Gasteiger partial charge in [0.15, 0.2) is 0 Å². The van der Waals surface area contributed by atoms with Crippen molar-refractivity contribution in [2.75, 3.05) is 5.73 Å². The van der Waals surface area contributed by atoms with Crippen molar-refractivity contribution in [3.8, 4) is 0 Å². The van der Waals surface area contributed by atoms with Gasteiger partial charge in [-0.1, -0.05) is 17.7 Å². The molecule has 2 N–H and O–H groups in total. The minimum Gasteiger partial charge on any atom is -0.399 e. The lowest BCUT2D eigenvalue weighted by atomic mass is 10.2. The molecule has 0 radical (unpaired) electrons. The third-order valence-electron chi connectivity index (χ3n) is 2.28. The fourth-order valence-corrected chi connectivity index (χ4v) is 1.63. The number of nitrogens with two attached hydrogens (primary N) is 1. The maximum absolute atomic E-state index is 11.5. The van der Waals surface area contributed by atoms with Crippen LogP contribution in [-0.4, -0.2) is 14.3 Å². The molecule has 1 aromatic carbocycles. The van der Waals surface area contributed by atoms with Gasteiger partial charge in [-0.25, -0.2) is 9.48 Å². The summed E-state index contributed by atoms with van der Waals surface area (Å²) in [5.74, 6) is 0. The van der Waals surface area contributed by atoms with Crippen LogP contribution in [0.2, 0.25) is 5.02 Å². The molecular formula is C10H11ClN4O. The average Bonchev–Trinajstić information content (AvgIpc) is 2.54. The second-order valence-electron chi connectivity index (χ2n) is 3.53. The first kappa shape index (κ1) is 10.8. The number of anilines is 1. The lowest BCUT2D eigenvalue weighted by Crippen LogP contribution is -2.23. The van der Waals surface area contributed by atoms with Gasteiger partial charge in [0.2, 0.25) is 0 Å². The highest BCUT2D eigenvalue weighted by Crippen LogP contribution is 2.19. The zero-order valence-corrected chi connectivity index (χ0v) is 9.48. The summed E-state index contributed by atoms with van der Waals surface area (Å²) in [5, 5.41) is 4.49. The molecule has 5 nitrogen and oxygen atoms in total. The van der Waals surface area contributed by atoms with E-state index in [-0.39, 0.29) is 5.69 Å².